The topological polar surface area (TPSA) is 44.8 Å². The maximum absolute atomic E-state index is 11.9. The molecule has 0 aromatic carbocycles. The van der Waals surface area contributed by atoms with Gasteiger partial charge in [0.1, 0.15) is 0 Å². The van der Waals surface area contributed by atoms with Crippen molar-refractivity contribution in [2.45, 2.75) is 53.4 Å². The van der Waals surface area contributed by atoms with Crippen LogP contribution in [0.5, 0.6) is 0 Å². The lowest BCUT2D eigenvalue weighted by molar-refractivity contribution is -0.167. The SMILES string of the molecule is CCOC(=O)C(C)(C)C(C)[C@H]1COC(C)(C)O1. The van der Waals surface area contributed by atoms with E-state index in [1.165, 1.54) is 0 Å². The highest BCUT2D eigenvalue weighted by Crippen LogP contribution is 2.37. The fourth-order valence-electron chi connectivity index (χ4n) is 1.93. The zero-order valence-corrected chi connectivity index (χ0v) is 11.7. The second-order valence-corrected chi connectivity index (χ2v) is 5.60. The molecule has 1 aliphatic heterocycles. The van der Waals surface area contributed by atoms with E-state index in [4.69, 9.17) is 14.2 Å². The number of carbonyl (C=O) groups excluding carboxylic acids is 1. The fourth-order valence-corrected chi connectivity index (χ4v) is 1.93. The van der Waals surface area contributed by atoms with Crippen LogP contribution in [0, 0.1) is 11.3 Å². The molecule has 0 bridgehead atoms. The Kier molecular flexibility index (Phi) is 4.20. The minimum Gasteiger partial charge on any atom is -0.466 e. The summed E-state index contributed by atoms with van der Waals surface area (Å²) >= 11 is 0. The number of carbonyl (C=O) groups is 1. The van der Waals surface area contributed by atoms with Crippen LogP contribution >= 0.6 is 0 Å². The van der Waals surface area contributed by atoms with Gasteiger partial charge in [-0.3, -0.25) is 4.79 Å². The summed E-state index contributed by atoms with van der Waals surface area (Å²) in [6.45, 7) is 12.3. The van der Waals surface area contributed by atoms with Gasteiger partial charge >= 0.3 is 5.97 Å². The molecule has 0 spiro atoms. The van der Waals surface area contributed by atoms with Crippen molar-refractivity contribution < 1.29 is 19.0 Å². The molecule has 0 aliphatic carbocycles. The summed E-state index contributed by atoms with van der Waals surface area (Å²) in [6.07, 6.45) is -0.0654. The van der Waals surface area contributed by atoms with E-state index in [9.17, 15) is 4.79 Å². The van der Waals surface area contributed by atoms with Crippen molar-refractivity contribution in [2.24, 2.45) is 11.3 Å². The maximum Gasteiger partial charge on any atom is 0.311 e. The van der Waals surface area contributed by atoms with Crippen molar-refractivity contribution in [3.8, 4) is 0 Å². The van der Waals surface area contributed by atoms with Gasteiger partial charge in [0.25, 0.3) is 0 Å². The third kappa shape index (κ3) is 3.19. The second kappa shape index (κ2) is 4.94. The standard InChI is InChI=1S/C13H24O4/c1-7-15-11(14)12(3,4)9(2)10-8-16-13(5,6)17-10/h9-10H,7-8H2,1-6H3/t9?,10-/m1/s1. The molecule has 100 valence electrons. The molecule has 0 aromatic rings. The minimum atomic E-state index is -0.565. The zero-order chi connectivity index (χ0) is 13.3. The van der Waals surface area contributed by atoms with Crippen LogP contribution in [-0.2, 0) is 19.0 Å². The van der Waals surface area contributed by atoms with Gasteiger partial charge < -0.3 is 14.2 Å². The highest BCUT2D eigenvalue weighted by molar-refractivity contribution is 5.76. The first-order chi connectivity index (χ1) is 7.70. The van der Waals surface area contributed by atoms with Gasteiger partial charge in [-0.15, -0.1) is 0 Å². The Morgan fingerprint density at radius 2 is 2.12 bits per heavy atom. The van der Waals surface area contributed by atoms with Gasteiger partial charge in [0.15, 0.2) is 5.79 Å². The minimum absolute atomic E-state index is 0.0447. The monoisotopic (exact) mass is 244 g/mol. The molecule has 1 heterocycles. The van der Waals surface area contributed by atoms with Crippen LogP contribution < -0.4 is 0 Å². The van der Waals surface area contributed by atoms with Gasteiger partial charge in [0, 0.05) is 5.92 Å². The molecule has 0 N–H and O–H groups in total. The zero-order valence-electron chi connectivity index (χ0n) is 11.7. The number of hydrogen-bond donors (Lipinski definition) is 0. The van der Waals surface area contributed by atoms with Gasteiger partial charge in [-0.05, 0) is 34.6 Å². The lowest BCUT2D eigenvalue weighted by atomic mass is 9.77. The largest absolute Gasteiger partial charge is 0.466 e. The molecule has 1 fully saturated rings. The maximum atomic E-state index is 11.9. The molecule has 4 heteroatoms. The summed E-state index contributed by atoms with van der Waals surface area (Å²) in [5.41, 5.74) is -0.565. The Morgan fingerprint density at radius 3 is 2.53 bits per heavy atom. The van der Waals surface area contributed by atoms with E-state index in [0.717, 1.165) is 0 Å². The van der Waals surface area contributed by atoms with Crippen LogP contribution in [0.25, 0.3) is 0 Å². The number of esters is 1. The van der Waals surface area contributed by atoms with E-state index in [-0.39, 0.29) is 18.0 Å². The third-order valence-electron chi connectivity index (χ3n) is 3.53. The van der Waals surface area contributed by atoms with E-state index in [2.05, 4.69) is 0 Å². The average Bonchev–Trinajstić information content (AvgIpc) is 2.58. The Morgan fingerprint density at radius 1 is 1.53 bits per heavy atom. The quantitative estimate of drug-likeness (QED) is 0.712. The van der Waals surface area contributed by atoms with Crippen molar-refractivity contribution in [3.05, 3.63) is 0 Å². The number of hydrogen-bond acceptors (Lipinski definition) is 4. The fraction of sp³-hybridized carbons (Fsp3) is 0.923. The van der Waals surface area contributed by atoms with Crippen LogP contribution in [0.4, 0.5) is 0 Å². The molecule has 0 radical (unpaired) electrons. The lowest BCUT2D eigenvalue weighted by Crippen LogP contribution is -2.41. The Hall–Kier alpha value is -0.610. The molecular weight excluding hydrogens is 220 g/mol. The molecule has 1 unspecified atom stereocenters. The predicted molar refractivity (Wildman–Crippen MR) is 64.5 cm³/mol. The van der Waals surface area contributed by atoms with E-state index < -0.39 is 11.2 Å². The number of rotatable bonds is 4. The van der Waals surface area contributed by atoms with Crippen LogP contribution in [0.15, 0.2) is 0 Å². The summed E-state index contributed by atoms with van der Waals surface area (Å²) in [6, 6.07) is 0. The molecule has 0 aromatic heterocycles. The van der Waals surface area contributed by atoms with Crippen LogP contribution in [0.1, 0.15) is 41.5 Å². The molecule has 1 saturated heterocycles. The molecule has 1 aliphatic rings. The summed E-state index contributed by atoms with van der Waals surface area (Å²) < 4.78 is 16.4. The Labute approximate surface area is 104 Å². The molecule has 4 nitrogen and oxygen atoms in total. The van der Waals surface area contributed by atoms with E-state index in [1.807, 2.05) is 41.5 Å². The highest BCUT2D eigenvalue weighted by atomic mass is 16.7. The number of ether oxygens (including phenoxy) is 3. The van der Waals surface area contributed by atoms with Crippen LogP contribution in [0.3, 0.4) is 0 Å². The summed E-state index contributed by atoms with van der Waals surface area (Å²) in [5.74, 6) is -0.687. The molecule has 0 saturated carbocycles. The third-order valence-corrected chi connectivity index (χ3v) is 3.53. The Bertz CT molecular complexity index is 283. The second-order valence-electron chi connectivity index (χ2n) is 5.60. The molecular formula is C13H24O4. The van der Waals surface area contributed by atoms with Gasteiger partial charge in [0.2, 0.25) is 0 Å². The van der Waals surface area contributed by atoms with E-state index in [1.54, 1.807) is 0 Å². The Balaban J connectivity index is 2.69. The molecule has 0 amide bonds. The van der Waals surface area contributed by atoms with Crippen LogP contribution in [-0.4, -0.2) is 31.1 Å². The first-order valence-corrected chi connectivity index (χ1v) is 6.19. The van der Waals surface area contributed by atoms with Crippen molar-refractivity contribution in [1.82, 2.24) is 0 Å². The highest BCUT2D eigenvalue weighted by Gasteiger charge is 2.45. The summed E-state index contributed by atoms with van der Waals surface area (Å²) in [7, 11) is 0. The van der Waals surface area contributed by atoms with E-state index in [0.29, 0.717) is 13.2 Å². The summed E-state index contributed by atoms with van der Waals surface area (Å²) in [5, 5.41) is 0. The molecule has 17 heavy (non-hydrogen) atoms. The first kappa shape index (κ1) is 14.5. The first-order valence-electron chi connectivity index (χ1n) is 6.19. The van der Waals surface area contributed by atoms with Gasteiger partial charge in [0.05, 0.1) is 24.7 Å². The average molecular weight is 244 g/mol. The van der Waals surface area contributed by atoms with Crippen molar-refractivity contribution in [1.29, 1.82) is 0 Å². The van der Waals surface area contributed by atoms with Crippen LogP contribution in [0.2, 0.25) is 0 Å². The molecule has 2 atom stereocenters. The van der Waals surface area contributed by atoms with Gasteiger partial charge in [-0.1, -0.05) is 6.92 Å². The van der Waals surface area contributed by atoms with Crippen molar-refractivity contribution >= 4 is 5.97 Å². The van der Waals surface area contributed by atoms with Crippen molar-refractivity contribution in [3.63, 3.8) is 0 Å². The predicted octanol–water partition coefficient (Wildman–Crippen LogP) is 2.36. The van der Waals surface area contributed by atoms with E-state index >= 15 is 0 Å². The van der Waals surface area contributed by atoms with Gasteiger partial charge in [-0.25, -0.2) is 0 Å². The smallest absolute Gasteiger partial charge is 0.311 e. The normalized spacial score (nSPS) is 25.6. The molecule has 1 rings (SSSR count). The van der Waals surface area contributed by atoms with Crippen molar-refractivity contribution in [2.75, 3.05) is 13.2 Å². The lowest BCUT2D eigenvalue weighted by Gasteiger charge is -2.33. The summed E-state index contributed by atoms with van der Waals surface area (Å²) in [4.78, 5) is 11.9. The van der Waals surface area contributed by atoms with Gasteiger partial charge in [-0.2, -0.15) is 0 Å².